The van der Waals surface area contributed by atoms with E-state index in [1.54, 1.807) is 11.8 Å². The first-order valence-corrected chi connectivity index (χ1v) is 11.8. The third-order valence-corrected chi connectivity index (χ3v) is 7.54. The Morgan fingerprint density at radius 1 is 1.07 bits per heavy atom. The smallest absolute Gasteiger partial charge is 0.225 e. The summed E-state index contributed by atoms with van der Waals surface area (Å²) in [7, 11) is 0. The van der Waals surface area contributed by atoms with Gasteiger partial charge < -0.3 is 0 Å². The van der Waals surface area contributed by atoms with Gasteiger partial charge >= 0.3 is 0 Å². The van der Waals surface area contributed by atoms with Crippen LogP contribution >= 0.6 is 23.1 Å². The fraction of sp³-hybridized carbons (Fsp3) is 0.524. The molecule has 0 spiro atoms. The predicted molar refractivity (Wildman–Crippen MR) is 113 cm³/mol. The Labute approximate surface area is 173 Å². The van der Waals surface area contributed by atoms with E-state index in [1.807, 2.05) is 12.1 Å². The number of carbonyl (C=O) groups is 2. The lowest BCUT2D eigenvalue weighted by Crippen LogP contribution is -2.30. The lowest BCUT2D eigenvalue weighted by Gasteiger charge is -2.22. The third-order valence-electron chi connectivity index (χ3n) is 5.49. The number of Topliss-reactive ketones (excluding diaryl/α,β-unsaturated/α-hetero) is 1. The number of carbonyl (C=O) groups excluding carboxylic acids is 2. The molecule has 2 aliphatic carbocycles. The highest BCUT2D eigenvalue weighted by Crippen LogP contribution is 2.36. The quantitative estimate of drug-likeness (QED) is 0.359. The lowest BCUT2D eigenvalue weighted by atomic mass is 9.84. The molecule has 1 aromatic carbocycles. The van der Waals surface area contributed by atoms with Crippen LogP contribution in [-0.4, -0.2) is 33.7 Å². The van der Waals surface area contributed by atoms with Crippen molar-refractivity contribution in [3.05, 3.63) is 35.4 Å². The summed E-state index contributed by atoms with van der Waals surface area (Å²) in [5, 5.41) is 8.95. The molecular formula is C21H25N3O2S2. The van der Waals surface area contributed by atoms with E-state index in [9.17, 15) is 9.59 Å². The summed E-state index contributed by atoms with van der Waals surface area (Å²) in [5.41, 5.74) is 2.11. The van der Waals surface area contributed by atoms with Crippen molar-refractivity contribution in [1.29, 1.82) is 0 Å². The van der Waals surface area contributed by atoms with E-state index >= 15 is 0 Å². The van der Waals surface area contributed by atoms with Crippen molar-refractivity contribution in [2.75, 3.05) is 10.7 Å². The van der Waals surface area contributed by atoms with Crippen LogP contribution in [-0.2, 0) is 4.79 Å². The molecule has 0 bridgehead atoms. The van der Waals surface area contributed by atoms with Crippen LogP contribution < -0.4 is 4.90 Å². The second kappa shape index (κ2) is 8.74. The molecular weight excluding hydrogens is 390 g/mol. The fourth-order valence-corrected chi connectivity index (χ4v) is 5.68. The molecule has 2 aliphatic rings. The van der Waals surface area contributed by atoms with Crippen LogP contribution in [0.2, 0.25) is 0 Å². The molecule has 0 atom stereocenters. The number of anilines is 1. The van der Waals surface area contributed by atoms with Crippen LogP contribution in [0.1, 0.15) is 73.7 Å². The summed E-state index contributed by atoms with van der Waals surface area (Å²) in [6.07, 6.45) is 8.55. The predicted octanol–water partition coefficient (Wildman–Crippen LogP) is 5.08. The zero-order valence-corrected chi connectivity index (χ0v) is 17.7. The van der Waals surface area contributed by atoms with Crippen molar-refractivity contribution in [2.24, 2.45) is 0 Å². The van der Waals surface area contributed by atoms with Crippen molar-refractivity contribution in [3.63, 3.8) is 0 Å². The molecule has 1 amide bonds. The van der Waals surface area contributed by atoms with E-state index in [0.717, 1.165) is 22.7 Å². The maximum Gasteiger partial charge on any atom is 0.225 e. The summed E-state index contributed by atoms with van der Waals surface area (Å²) in [6, 6.07) is 8.44. The standard InChI is InChI=1S/C21H25N3O2S2/c1-14(25)24(18-11-12-18)20-22-23-21(28-20)27-13-19(26)17-9-7-16(8-10-17)15-5-3-2-4-6-15/h7-10,15,18H,2-6,11-13H2,1H3. The molecule has 4 rings (SSSR count). The van der Waals surface area contributed by atoms with Gasteiger partial charge in [-0.1, -0.05) is 66.6 Å². The molecule has 1 aromatic heterocycles. The minimum absolute atomic E-state index is 0.00401. The van der Waals surface area contributed by atoms with E-state index in [0.29, 0.717) is 16.8 Å². The highest BCUT2D eigenvalue weighted by Gasteiger charge is 2.34. The number of ketones is 1. The van der Waals surface area contributed by atoms with E-state index in [4.69, 9.17) is 0 Å². The summed E-state index contributed by atoms with van der Waals surface area (Å²) in [6.45, 7) is 1.56. The first kappa shape index (κ1) is 19.6. The maximum atomic E-state index is 12.5. The van der Waals surface area contributed by atoms with Crippen LogP contribution in [0.5, 0.6) is 0 Å². The molecule has 0 radical (unpaired) electrons. The van der Waals surface area contributed by atoms with Gasteiger partial charge in [-0.15, -0.1) is 10.2 Å². The minimum atomic E-state index is 0.00401. The Bertz CT molecular complexity index is 840. The first-order valence-electron chi connectivity index (χ1n) is 10.0. The van der Waals surface area contributed by atoms with Crippen LogP contribution in [0.25, 0.3) is 0 Å². The van der Waals surface area contributed by atoms with Gasteiger partial charge in [-0.05, 0) is 37.2 Å². The Morgan fingerprint density at radius 3 is 2.43 bits per heavy atom. The van der Waals surface area contributed by atoms with E-state index in [1.165, 1.54) is 60.8 Å². The van der Waals surface area contributed by atoms with Gasteiger partial charge in [0.2, 0.25) is 11.0 Å². The summed E-state index contributed by atoms with van der Waals surface area (Å²) >= 11 is 2.78. The molecule has 2 fully saturated rings. The van der Waals surface area contributed by atoms with Gasteiger partial charge in [0.15, 0.2) is 10.1 Å². The average molecular weight is 416 g/mol. The Morgan fingerprint density at radius 2 is 1.79 bits per heavy atom. The van der Waals surface area contributed by atoms with Gasteiger partial charge in [0.25, 0.3) is 0 Å². The van der Waals surface area contributed by atoms with Crippen molar-refractivity contribution in [2.45, 2.75) is 68.2 Å². The Hall–Kier alpha value is -1.73. The van der Waals surface area contributed by atoms with Crippen molar-refractivity contribution in [3.8, 4) is 0 Å². The van der Waals surface area contributed by atoms with Crippen molar-refractivity contribution in [1.82, 2.24) is 10.2 Å². The molecule has 2 saturated carbocycles. The molecule has 0 aliphatic heterocycles. The van der Waals surface area contributed by atoms with Crippen LogP contribution in [0.3, 0.4) is 0 Å². The second-order valence-electron chi connectivity index (χ2n) is 7.64. The average Bonchev–Trinajstić information content (AvgIpc) is 3.44. The number of amides is 1. The molecule has 2 aromatic rings. The number of hydrogen-bond donors (Lipinski definition) is 0. The normalized spacial score (nSPS) is 17.5. The summed E-state index contributed by atoms with van der Waals surface area (Å²) < 4.78 is 0.731. The Kier molecular flexibility index (Phi) is 6.11. The minimum Gasteiger partial charge on any atom is -0.293 e. The van der Waals surface area contributed by atoms with Crippen LogP contribution in [0.4, 0.5) is 5.13 Å². The highest BCUT2D eigenvalue weighted by molar-refractivity contribution is 8.01. The SMILES string of the molecule is CC(=O)N(c1nnc(SCC(=O)c2ccc(C3CCCCC3)cc2)s1)C1CC1. The van der Waals surface area contributed by atoms with Gasteiger partial charge in [0, 0.05) is 18.5 Å². The van der Waals surface area contributed by atoms with Gasteiger partial charge in [0.05, 0.1) is 5.75 Å². The number of nitrogens with zero attached hydrogens (tertiary/aromatic N) is 3. The van der Waals surface area contributed by atoms with Gasteiger partial charge in [-0.2, -0.15) is 0 Å². The zero-order valence-electron chi connectivity index (χ0n) is 16.1. The third kappa shape index (κ3) is 4.63. The number of thioether (sulfide) groups is 1. The molecule has 28 heavy (non-hydrogen) atoms. The Balaban J connectivity index is 1.33. The van der Waals surface area contributed by atoms with Crippen LogP contribution in [0.15, 0.2) is 28.6 Å². The highest BCUT2D eigenvalue weighted by atomic mass is 32.2. The number of rotatable bonds is 7. The topological polar surface area (TPSA) is 63.2 Å². The van der Waals surface area contributed by atoms with Gasteiger partial charge in [-0.3, -0.25) is 14.5 Å². The monoisotopic (exact) mass is 415 g/mol. The lowest BCUT2D eigenvalue weighted by molar-refractivity contribution is -0.116. The van der Waals surface area contributed by atoms with E-state index in [-0.39, 0.29) is 17.7 Å². The number of hydrogen-bond acceptors (Lipinski definition) is 6. The number of benzene rings is 1. The molecule has 0 saturated heterocycles. The van der Waals surface area contributed by atoms with E-state index < -0.39 is 0 Å². The fourth-order valence-electron chi connectivity index (χ4n) is 3.83. The molecule has 7 heteroatoms. The molecule has 1 heterocycles. The van der Waals surface area contributed by atoms with Gasteiger partial charge in [0.1, 0.15) is 0 Å². The molecule has 0 N–H and O–H groups in total. The zero-order chi connectivity index (χ0) is 19.5. The van der Waals surface area contributed by atoms with E-state index in [2.05, 4.69) is 22.3 Å². The summed E-state index contributed by atoms with van der Waals surface area (Å²) in [5.74, 6) is 1.09. The molecule has 5 nitrogen and oxygen atoms in total. The molecule has 0 unspecified atom stereocenters. The molecule has 148 valence electrons. The maximum absolute atomic E-state index is 12.5. The first-order chi connectivity index (χ1) is 13.6. The second-order valence-corrected chi connectivity index (χ2v) is 9.82. The van der Waals surface area contributed by atoms with Crippen molar-refractivity contribution < 1.29 is 9.59 Å². The van der Waals surface area contributed by atoms with Crippen LogP contribution in [0, 0.1) is 0 Å². The van der Waals surface area contributed by atoms with Gasteiger partial charge in [-0.25, -0.2) is 0 Å². The number of aromatic nitrogens is 2. The largest absolute Gasteiger partial charge is 0.293 e. The summed E-state index contributed by atoms with van der Waals surface area (Å²) in [4.78, 5) is 26.1. The van der Waals surface area contributed by atoms with Crippen molar-refractivity contribution >= 4 is 39.9 Å².